The molecule has 0 bridgehead atoms. The molecule has 5 nitrogen and oxygen atoms in total. The molecule has 0 saturated carbocycles. The van der Waals surface area contributed by atoms with Gasteiger partial charge in [-0.1, -0.05) is 36.4 Å². The Morgan fingerprint density at radius 1 is 1.00 bits per heavy atom. The summed E-state index contributed by atoms with van der Waals surface area (Å²) >= 11 is 1.33. The summed E-state index contributed by atoms with van der Waals surface area (Å²) in [4.78, 5) is 24.2. The predicted molar refractivity (Wildman–Crippen MR) is 102 cm³/mol. The Labute approximate surface area is 154 Å². The van der Waals surface area contributed by atoms with Gasteiger partial charge < -0.3 is 4.74 Å². The first-order valence-electron chi connectivity index (χ1n) is 7.92. The van der Waals surface area contributed by atoms with Crippen molar-refractivity contribution >= 4 is 29.4 Å². The average molecular weight is 364 g/mol. The van der Waals surface area contributed by atoms with Crippen LogP contribution in [0.1, 0.15) is 20.8 Å². The fourth-order valence-electron chi connectivity index (χ4n) is 2.17. The maximum Gasteiger partial charge on any atom is 0.353 e. The van der Waals surface area contributed by atoms with Gasteiger partial charge in [0.2, 0.25) is 5.91 Å². The summed E-state index contributed by atoms with van der Waals surface area (Å²) in [6.07, 6.45) is 1.81. The van der Waals surface area contributed by atoms with Crippen LogP contribution in [-0.4, -0.2) is 18.1 Å². The number of nitrogens with one attached hydrogen (secondary N) is 1. The molecule has 0 saturated heterocycles. The first-order valence-corrected chi connectivity index (χ1v) is 8.80. The zero-order valence-corrected chi connectivity index (χ0v) is 14.6. The van der Waals surface area contributed by atoms with Gasteiger partial charge in [0.25, 0.3) is 0 Å². The SMILES string of the molecule is O=C(Cc1ccccc1)N/N=C\c1ccc(OC(=O)c2cccs2)cc1. The van der Waals surface area contributed by atoms with Gasteiger partial charge in [0, 0.05) is 0 Å². The van der Waals surface area contributed by atoms with E-state index < -0.39 is 0 Å². The van der Waals surface area contributed by atoms with Gasteiger partial charge in [-0.25, -0.2) is 10.2 Å². The second-order valence-corrected chi connectivity index (χ2v) is 6.34. The van der Waals surface area contributed by atoms with E-state index in [-0.39, 0.29) is 18.3 Å². The highest BCUT2D eigenvalue weighted by molar-refractivity contribution is 7.12. The molecule has 0 aliphatic rings. The second-order valence-electron chi connectivity index (χ2n) is 5.39. The van der Waals surface area contributed by atoms with Crippen LogP contribution >= 0.6 is 11.3 Å². The van der Waals surface area contributed by atoms with Crippen LogP contribution in [0, 0.1) is 0 Å². The second kappa shape index (κ2) is 8.73. The minimum Gasteiger partial charge on any atom is -0.422 e. The van der Waals surface area contributed by atoms with Crippen molar-refractivity contribution in [1.29, 1.82) is 0 Å². The van der Waals surface area contributed by atoms with Crippen molar-refractivity contribution in [3.8, 4) is 5.75 Å². The zero-order valence-electron chi connectivity index (χ0n) is 13.8. The van der Waals surface area contributed by atoms with E-state index in [2.05, 4.69) is 10.5 Å². The average Bonchev–Trinajstić information content (AvgIpc) is 3.19. The van der Waals surface area contributed by atoms with Crippen molar-refractivity contribution in [2.75, 3.05) is 0 Å². The van der Waals surface area contributed by atoms with Crippen LogP contribution < -0.4 is 10.2 Å². The molecule has 0 atom stereocenters. The van der Waals surface area contributed by atoms with E-state index in [1.807, 2.05) is 35.7 Å². The standard InChI is InChI=1S/C20H16N2O3S/c23-19(13-15-5-2-1-3-6-15)22-21-14-16-8-10-17(11-9-16)25-20(24)18-7-4-12-26-18/h1-12,14H,13H2,(H,22,23)/b21-14-. The van der Waals surface area contributed by atoms with E-state index in [1.54, 1.807) is 36.4 Å². The van der Waals surface area contributed by atoms with E-state index in [0.29, 0.717) is 10.6 Å². The number of benzene rings is 2. The van der Waals surface area contributed by atoms with Crippen LogP contribution in [0.25, 0.3) is 0 Å². The molecule has 3 rings (SSSR count). The van der Waals surface area contributed by atoms with Gasteiger partial charge in [-0.3, -0.25) is 4.79 Å². The fourth-order valence-corrected chi connectivity index (χ4v) is 2.77. The number of rotatable bonds is 6. The molecular formula is C20H16N2O3S. The molecule has 0 fully saturated rings. The summed E-state index contributed by atoms with van der Waals surface area (Å²) < 4.78 is 5.28. The highest BCUT2D eigenvalue weighted by atomic mass is 32.1. The molecular weight excluding hydrogens is 348 g/mol. The Hall–Kier alpha value is -3.25. The molecule has 0 aliphatic carbocycles. The predicted octanol–water partition coefficient (Wildman–Crippen LogP) is 3.66. The lowest BCUT2D eigenvalue weighted by Gasteiger charge is -2.03. The fraction of sp³-hybridized carbons (Fsp3) is 0.0500. The molecule has 26 heavy (non-hydrogen) atoms. The van der Waals surface area contributed by atoms with E-state index in [0.717, 1.165) is 11.1 Å². The molecule has 1 N–H and O–H groups in total. The third-order valence-corrected chi connectivity index (χ3v) is 4.27. The first-order chi connectivity index (χ1) is 12.7. The van der Waals surface area contributed by atoms with Crippen LogP contribution in [-0.2, 0) is 11.2 Å². The Balaban J connectivity index is 1.50. The molecule has 2 aromatic carbocycles. The maximum atomic E-state index is 11.9. The van der Waals surface area contributed by atoms with Crippen LogP contribution in [0.2, 0.25) is 0 Å². The Bertz CT molecular complexity index is 889. The van der Waals surface area contributed by atoms with Gasteiger partial charge in [-0.15, -0.1) is 11.3 Å². The van der Waals surface area contributed by atoms with Crippen molar-refractivity contribution in [3.63, 3.8) is 0 Å². The lowest BCUT2D eigenvalue weighted by atomic mass is 10.1. The number of carbonyl (C=O) groups is 2. The molecule has 0 unspecified atom stereocenters. The van der Waals surface area contributed by atoms with Gasteiger partial charge in [0.15, 0.2) is 0 Å². The van der Waals surface area contributed by atoms with Crippen molar-refractivity contribution in [3.05, 3.63) is 88.1 Å². The highest BCUT2D eigenvalue weighted by Gasteiger charge is 2.09. The van der Waals surface area contributed by atoms with Crippen LogP contribution in [0.15, 0.2) is 77.2 Å². The topological polar surface area (TPSA) is 67.8 Å². The first kappa shape index (κ1) is 17.6. The minimum absolute atomic E-state index is 0.186. The summed E-state index contributed by atoms with van der Waals surface area (Å²) in [5.41, 5.74) is 4.20. The van der Waals surface area contributed by atoms with Crippen LogP contribution in [0.4, 0.5) is 0 Å². The number of thiophene rings is 1. The van der Waals surface area contributed by atoms with Crippen molar-refractivity contribution in [2.24, 2.45) is 5.10 Å². The lowest BCUT2D eigenvalue weighted by Crippen LogP contribution is -2.19. The summed E-state index contributed by atoms with van der Waals surface area (Å²) in [6, 6.07) is 19.8. The molecule has 1 aromatic heterocycles. The van der Waals surface area contributed by atoms with Crippen LogP contribution in [0.5, 0.6) is 5.75 Å². The van der Waals surface area contributed by atoms with Gasteiger partial charge in [-0.05, 0) is 46.8 Å². The van der Waals surface area contributed by atoms with Gasteiger partial charge >= 0.3 is 5.97 Å². The van der Waals surface area contributed by atoms with E-state index in [9.17, 15) is 9.59 Å². The van der Waals surface area contributed by atoms with Crippen molar-refractivity contribution in [2.45, 2.75) is 6.42 Å². The summed E-state index contributed by atoms with van der Waals surface area (Å²) in [5.74, 6) is -0.114. The zero-order chi connectivity index (χ0) is 18.2. The molecule has 0 radical (unpaired) electrons. The third-order valence-electron chi connectivity index (χ3n) is 3.42. The molecule has 6 heteroatoms. The largest absolute Gasteiger partial charge is 0.422 e. The summed E-state index contributed by atoms with van der Waals surface area (Å²) in [7, 11) is 0. The quantitative estimate of drug-likeness (QED) is 0.314. The number of amides is 1. The number of esters is 1. The Morgan fingerprint density at radius 3 is 2.46 bits per heavy atom. The molecule has 130 valence electrons. The van der Waals surface area contributed by atoms with Crippen LogP contribution in [0.3, 0.4) is 0 Å². The van der Waals surface area contributed by atoms with Gasteiger partial charge in [-0.2, -0.15) is 5.10 Å². The van der Waals surface area contributed by atoms with E-state index >= 15 is 0 Å². The molecule has 1 amide bonds. The molecule has 0 aliphatic heterocycles. The third kappa shape index (κ3) is 5.12. The van der Waals surface area contributed by atoms with Gasteiger partial charge in [0.05, 0.1) is 12.6 Å². The number of hydrogen-bond acceptors (Lipinski definition) is 5. The number of hydrogen-bond donors (Lipinski definition) is 1. The maximum absolute atomic E-state index is 11.9. The normalized spacial score (nSPS) is 10.6. The lowest BCUT2D eigenvalue weighted by molar-refractivity contribution is -0.120. The Morgan fingerprint density at radius 2 is 1.77 bits per heavy atom. The number of hydrazone groups is 1. The highest BCUT2D eigenvalue weighted by Crippen LogP contribution is 2.16. The van der Waals surface area contributed by atoms with Crippen molar-refractivity contribution < 1.29 is 14.3 Å². The molecule has 1 heterocycles. The number of ether oxygens (including phenoxy) is 1. The summed E-state index contributed by atoms with van der Waals surface area (Å²) in [5, 5.41) is 5.76. The van der Waals surface area contributed by atoms with E-state index in [4.69, 9.17) is 4.74 Å². The smallest absolute Gasteiger partial charge is 0.353 e. The molecule has 0 spiro atoms. The van der Waals surface area contributed by atoms with Crippen molar-refractivity contribution in [1.82, 2.24) is 5.43 Å². The van der Waals surface area contributed by atoms with Gasteiger partial charge in [0.1, 0.15) is 10.6 Å². The monoisotopic (exact) mass is 364 g/mol. The minimum atomic E-state index is -0.380. The van der Waals surface area contributed by atoms with E-state index in [1.165, 1.54) is 17.6 Å². The number of nitrogens with zero attached hydrogens (tertiary/aromatic N) is 1. The molecule has 3 aromatic rings. The summed E-state index contributed by atoms with van der Waals surface area (Å²) in [6.45, 7) is 0. The Kier molecular flexibility index (Phi) is 5.90. The number of carbonyl (C=O) groups excluding carboxylic acids is 2.